The predicted octanol–water partition coefficient (Wildman–Crippen LogP) is 15.1. The van der Waals surface area contributed by atoms with Gasteiger partial charge >= 0.3 is 18.5 Å². The molecule has 15 nitrogen and oxygen atoms in total. The molecule has 0 saturated carbocycles. The molecule has 2 aromatic heterocycles. The van der Waals surface area contributed by atoms with Crippen molar-refractivity contribution in [1.82, 2.24) is 15.0 Å². The van der Waals surface area contributed by atoms with Gasteiger partial charge in [-0.1, -0.05) is 18.2 Å². The van der Waals surface area contributed by atoms with Gasteiger partial charge < -0.3 is 24.8 Å². The van der Waals surface area contributed by atoms with E-state index in [1.54, 1.807) is 47.6 Å². The Kier molecular flexibility index (Phi) is 17.1. The van der Waals surface area contributed by atoms with Gasteiger partial charge in [0.25, 0.3) is 0 Å². The number of nitrogens with one attached hydrogen (secondary N) is 2. The maximum atomic E-state index is 14.6. The summed E-state index contributed by atoms with van der Waals surface area (Å²) in [6.45, 7) is 29.3. The number of anilines is 4. The third-order valence-electron chi connectivity index (χ3n) is 13.2. The van der Waals surface area contributed by atoms with Crippen LogP contribution in [-0.4, -0.2) is 82.7 Å². The molecule has 5 aromatic rings. The lowest BCUT2D eigenvalue weighted by atomic mass is 9.69. The molecule has 6 heterocycles. The number of nitriles is 2. The highest BCUT2D eigenvalue weighted by atomic mass is 79.9. The van der Waals surface area contributed by atoms with Gasteiger partial charge in [0.05, 0.1) is 80.9 Å². The first-order valence-electron chi connectivity index (χ1n) is 24.2. The van der Waals surface area contributed by atoms with Gasteiger partial charge in [-0.3, -0.25) is 5.21 Å². The number of pyridine rings is 2. The second kappa shape index (κ2) is 23.0. The Balaban J connectivity index is 0.000000175. The average molecular weight is 1190 g/mol. The Hall–Kier alpha value is -8.35. The summed E-state index contributed by atoms with van der Waals surface area (Å²) in [5.74, 6) is -0.200. The number of nitrogens with zero attached hydrogens (tertiary/aromatic N) is 9. The van der Waals surface area contributed by atoms with Gasteiger partial charge in [0.1, 0.15) is 40.0 Å². The van der Waals surface area contributed by atoms with Crippen molar-refractivity contribution < 1.29 is 58.9 Å². The highest BCUT2D eigenvalue weighted by molar-refractivity contribution is 9.10. The number of ether oxygens (including phenoxy) is 3. The SMILES string of the molecule is [C-]#[N+]c1ccc2c(c1)C(COC(C)C)(C(F)(F)F)C1=CC(C#N)=CN(O)C1=N2.[C-]#[N+]c1ccc2c(c1)C(COC(C)C)(C(F)(F)F)c1cc(Br)cnc1N2.[C-]#[N+]c1ccc2c(c1)C(COC(C)C)(C(F)(F)F)c1cc(C#N)cnc1N2. The van der Waals surface area contributed by atoms with Gasteiger partial charge in [0.2, 0.25) is 0 Å². The Morgan fingerprint density at radius 1 is 0.617 bits per heavy atom. The second-order valence-corrected chi connectivity index (χ2v) is 20.3. The van der Waals surface area contributed by atoms with Crippen LogP contribution < -0.4 is 10.6 Å². The molecule has 0 spiro atoms. The highest BCUT2D eigenvalue weighted by Gasteiger charge is 2.64. The Morgan fingerprint density at radius 3 is 1.48 bits per heavy atom. The molecule has 4 aliphatic heterocycles. The van der Waals surface area contributed by atoms with Gasteiger partial charge in [0, 0.05) is 44.9 Å². The van der Waals surface area contributed by atoms with Crippen LogP contribution in [0.1, 0.15) is 74.9 Å². The number of halogens is 10. The van der Waals surface area contributed by atoms with Crippen molar-refractivity contribution in [3.8, 4) is 12.1 Å². The molecular formula is C56H45BrF9N11O4. The molecule has 4 aliphatic rings. The molecular weight excluding hydrogens is 1140 g/mol. The number of rotatable bonds is 9. The smallest absolute Gasteiger partial charge is 0.377 e. The van der Waals surface area contributed by atoms with Crippen LogP contribution in [0, 0.1) is 42.4 Å². The molecule has 0 bridgehead atoms. The van der Waals surface area contributed by atoms with Crippen molar-refractivity contribution in [3.63, 3.8) is 0 Å². The lowest BCUT2D eigenvalue weighted by Gasteiger charge is -2.43. The molecule has 0 aliphatic carbocycles. The normalized spacial score (nSPS) is 19.3. The number of hydrogen-bond acceptors (Lipinski definition) is 12. The fraction of sp³-hybridized carbons (Fsp3) is 0.321. The largest absolute Gasteiger partial charge is 0.404 e. The van der Waals surface area contributed by atoms with E-state index in [1.165, 1.54) is 73.1 Å². The standard InChI is InChI=1S/C19H15F3N4O2.C19H15F3N4O.C18H15BrF3N3O/c1-11(2)28-10-18(19(20,21)22)14-7-13(24-3)4-5-16(14)25-17-15(18)6-12(8-23)9-26(17)27;1-11(2)27-10-18(19(20,21)22)14-7-13(24-3)4-5-16(14)26-17-15(18)6-12(8-23)9-25-17;1-10(2)26-9-17(18(20,21)22)13-7-12(23-3)4-5-15(13)25-16-14(17)6-11(19)8-24-16/h4-7,9,11,27H,10H2,1-2H3;4-7,9,11H,10H2,1-2H3,(H,25,26);4-8,10H,9H2,1-2H3,(H,24,25). The first-order chi connectivity index (χ1) is 38.0. The van der Waals surface area contributed by atoms with E-state index in [9.17, 15) is 50.0 Å². The van der Waals surface area contributed by atoms with Gasteiger partial charge in [0.15, 0.2) is 22.9 Å². The summed E-state index contributed by atoms with van der Waals surface area (Å²) in [4.78, 5) is 22.0. The number of alkyl halides is 9. The summed E-state index contributed by atoms with van der Waals surface area (Å²) >= 11 is 3.21. The molecule has 0 saturated heterocycles. The molecule has 9 rings (SSSR count). The van der Waals surface area contributed by atoms with Crippen molar-refractivity contribution in [2.45, 2.75) is 94.6 Å². The van der Waals surface area contributed by atoms with E-state index in [4.69, 9.17) is 39.2 Å². The van der Waals surface area contributed by atoms with Crippen LogP contribution in [0.25, 0.3) is 14.5 Å². The number of aliphatic imine (C=N–C) groups is 1. The fourth-order valence-electron chi connectivity index (χ4n) is 9.34. The van der Waals surface area contributed by atoms with Gasteiger partial charge in [-0.05, 0) is 129 Å². The van der Waals surface area contributed by atoms with Crippen molar-refractivity contribution in [1.29, 1.82) is 10.5 Å². The lowest BCUT2D eigenvalue weighted by molar-refractivity contribution is -0.196. The maximum absolute atomic E-state index is 14.6. The second-order valence-electron chi connectivity index (χ2n) is 19.4. The van der Waals surface area contributed by atoms with E-state index in [2.05, 4.69) is 56.1 Å². The molecule has 3 N–H and O–H groups in total. The molecule has 3 atom stereocenters. The van der Waals surface area contributed by atoms with E-state index >= 15 is 0 Å². The number of amidine groups is 1. The summed E-state index contributed by atoms with van der Waals surface area (Å²) in [7, 11) is 0. The molecule has 25 heteroatoms. The number of benzene rings is 3. The van der Waals surface area contributed by atoms with E-state index in [0.717, 1.165) is 18.3 Å². The number of fused-ring (bicyclic) bond motifs is 6. The third-order valence-corrected chi connectivity index (χ3v) is 13.7. The van der Waals surface area contributed by atoms with Crippen LogP contribution in [0.5, 0.6) is 0 Å². The van der Waals surface area contributed by atoms with Crippen molar-refractivity contribution in [3.05, 3.63) is 175 Å². The lowest BCUT2D eigenvalue weighted by Crippen LogP contribution is -2.54. The van der Waals surface area contributed by atoms with Gasteiger partial charge in [-0.2, -0.15) is 50.0 Å². The molecule has 0 amide bonds. The Bertz CT molecular complexity index is 3540. The quantitative estimate of drug-likeness (QED) is 0.0946. The topological polar surface area (TPSA) is 174 Å². The minimum atomic E-state index is -4.86. The zero-order valence-electron chi connectivity index (χ0n) is 43.5. The first kappa shape index (κ1) is 60.3. The van der Waals surface area contributed by atoms with Crippen LogP contribution >= 0.6 is 15.9 Å². The minimum absolute atomic E-state index is 0.0125. The summed E-state index contributed by atoms with van der Waals surface area (Å²) in [6, 6.07) is 18.3. The highest BCUT2D eigenvalue weighted by Crippen LogP contribution is 2.58. The number of aromatic nitrogens is 2. The number of allylic oxidation sites excluding steroid dienone is 2. The van der Waals surface area contributed by atoms with Crippen LogP contribution in [0.4, 0.5) is 85.3 Å². The van der Waals surface area contributed by atoms with Crippen LogP contribution in [0.15, 0.2) is 112 Å². The third kappa shape index (κ3) is 11.3. The van der Waals surface area contributed by atoms with E-state index in [0.29, 0.717) is 9.54 Å². The molecule has 0 radical (unpaired) electrons. The van der Waals surface area contributed by atoms with E-state index in [1.807, 2.05) is 6.07 Å². The van der Waals surface area contributed by atoms with Gasteiger partial charge in [-0.15, -0.1) is 0 Å². The van der Waals surface area contributed by atoms with Gasteiger partial charge in [-0.25, -0.2) is 34.6 Å². The number of hydroxylamine groups is 2. The zero-order chi connectivity index (χ0) is 59.6. The van der Waals surface area contributed by atoms with Crippen LogP contribution in [-0.2, 0) is 30.5 Å². The molecule has 0 fully saturated rings. The summed E-state index contributed by atoms with van der Waals surface area (Å²) in [5.41, 5.74) is -8.19. The summed E-state index contributed by atoms with van der Waals surface area (Å²) in [6.07, 6.45) is -10.9. The molecule has 81 heavy (non-hydrogen) atoms. The molecule has 3 unspecified atom stereocenters. The fourth-order valence-corrected chi connectivity index (χ4v) is 9.67. The van der Waals surface area contributed by atoms with Crippen molar-refractivity contribution in [2.24, 2.45) is 4.99 Å². The van der Waals surface area contributed by atoms with Crippen LogP contribution in [0.3, 0.4) is 0 Å². The van der Waals surface area contributed by atoms with Crippen molar-refractivity contribution >= 4 is 67.5 Å². The maximum Gasteiger partial charge on any atom is 0.404 e. The monoisotopic (exact) mass is 1190 g/mol. The minimum Gasteiger partial charge on any atom is -0.377 e. The van der Waals surface area contributed by atoms with E-state index in [-0.39, 0.29) is 96.7 Å². The van der Waals surface area contributed by atoms with Crippen molar-refractivity contribution in [2.75, 3.05) is 30.5 Å². The molecule has 3 aromatic carbocycles. The molecule has 418 valence electrons. The van der Waals surface area contributed by atoms with E-state index < -0.39 is 72.4 Å². The Labute approximate surface area is 467 Å². The zero-order valence-corrected chi connectivity index (χ0v) is 45.1. The number of hydrogen-bond donors (Lipinski definition) is 3. The summed E-state index contributed by atoms with van der Waals surface area (Å²) in [5, 5.41) is 34.7. The predicted molar refractivity (Wildman–Crippen MR) is 283 cm³/mol. The summed E-state index contributed by atoms with van der Waals surface area (Å²) < 4.78 is 148. The average Bonchev–Trinajstić information content (AvgIpc) is 3.20. The Morgan fingerprint density at radius 2 is 1.05 bits per heavy atom. The first-order valence-corrected chi connectivity index (χ1v) is 25.0. The van der Waals surface area contributed by atoms with Crippen LogP contribution in [0.2, 0.25) is 0 Å².